The SMILES string of the molecule is O=C(NCCc1ccncc1)[C@H]1CC[C@@H]2[C@@H](CCN2CC2CC2)O1. The summed E-state index contributed by atoms with van der Waals surface area (Å²) in [5.41, 5.74) is 1.20. The van der Waals surface area contributed by atoms with Crippen LogP contribution >= 0.6 is 0 Å². The monoisotopic (exact) mass is 329 g/mol. The number of nitrogens with zero attached hydrogens (tertiary/aromatic N) is 2. The highest BCUT2D eigenvalue weighted by molar-refractivity contribution is 5.80. The summed E-state index contributed by atoms with van der Waals surface area (Å²) in [6.07, 6.45) is 10.2. The number of carbonyl (C=O) groups excluding carboxylic acids is 1. The highest BCUT2D eigenvalue weighted by Gasteiger charge is 2.42. The van der Waals surface area contributed by atoms with Crippen molar-refractivity contribution in [3.8, 4) is 0 Å². The number of aromatic nitrogens is 1. The summed E-state index contributed by atoms with van der Waals surface area (Å²) < 4.78 is 6.14. The van der Waals surface area contributed by atoms with Crippen molar-refractivity contribution < 1.29 is 9.53 Å². The predicted molar refractivity (Wildman–Crippen MR) is 91.5 cm³/mol. The fourth-order valence-electron chi connectivity index (χ4n) is 4.06. The number of carbonyl (C=O) groups is 1. The van der Waals surface area contributed by atoms with Crippen LogP contribution in [0.25, 0.3) is 0 Å². The first-order valence-corrected chi connectivity index (χ1v) is 9.36. The second-order valence-electron chi connectivity index (χ2n) is 7.43. The standard InChI is InChI=1S/C19H27N3O2/c23-19(21-11-7-14-5-9-20-10-6-14)18-4-3-16-17(24-18)8-12-22(16)13-15-1-2-15/h5-6,9-10,15-18H,1-4,7-8,11-13H2,(H,21,23)/t16-,17-,18-/m1/s1. The first-order chi connectivity index (χ1) is 11.8. The first-order valence-electron chi connectivity index (χ1n) is 9.36. The van der Waals surface area contributed by atoms with E-state index in [0.29, 0.717) is 12.6 Å². The van der Waals surface area contributed by atoms with Crippen LogP contribution < -0.4 is 5.32 Å². The Labute approximate surface area is 143 Å². The highest BCUT2D eigenvalue weighted by atomic mass is 16.5. The Balaban J connectivity index is 1.22. The van der Waals surface area contributed by atoms with Gasteiger partial charge in [-0.2, -0.15) is 0 Å². The molecule has 1 aliphatic carbocycles. The van der Waals surface area contributed by atoms with Gasteiger partial charge in [-0.25, -0.2) is 0 Å². The Hall–Kier alpha value is -1.46. The molecule has 1 aromatic heterocycles. The van der Waals surface area contributed by atoms with Crippen molar-refractivity contribution in [3.05, 3.63) is 30.1 Å². The number of hydrogen-bond donors (Lipinski definition) is 1. The molecule has 4 rings (SSSR count). The molecule has 130 valence electrons. The minimum absolute atomic E-state index is 0.0585. The van der Waals surface area contributed by atoms with Gasteiger partial charge in [0.25, 0.3) is 0 Å². The third kappa shape index (κ3) is 3.78. The zero-order valence-electron chi connectivity index (χ0n) is 14.2. The summed E-state index contributed by atoms with van der Waals surface area (Å²) in [4.78, 5) is 19.0. The Kier molecular flexibility index (Phi) is 4.81. The molecule has 0 spiro atoms. The molecule has 24 heavy (non-hydrogen) atoms. The maximum atomic E-state index is 12.4. The predicted octanol–water partition coefficient (Wildman–Crippen LogP) is 1.77. The van der Waals surface area contributed by atoms with Crippen molar-refractivity contribution in [3.63, 3.8) is 0 Å². The van der Waals surface area contributed by atoms with E-state index in [1.54, 1.807) is 12.4 Å². The number of hydrogen-bond acceptors (Lipinski definition) is 4. The van der Waals surface area contributed by atoms with Gasteiger partial charge in [-0.1, -0.05) is 0 Å². The van der Waals surface area contributed by atoms with Crippen LogP contribution in [0.1, 0.15) is 37.7 Å². The number of rotatable bonds is 6. The van der Waals surface area contributed by atoms with Crippen molar-refractivity contribution >= 4 is 5.91 Å². The lowest BCUT2D eigenvalue weighted by molar-refractivity contribution is -0.143. The third-order valence-electron chi connectivity index (χ3n) is 5.61. The van der Waals surface area contributed by atoms with Gasteiger partial charge in [0.1, 0.15) is 6.10 Å². The number of likely N-dealkylation sites (tertiary alicyclic amines) is 1. The molecule has 1 N–H and O–H groups in total. The molecule has 1 aromatic rings. The quantitative estimate of drug-likeness (QED) is 0.864. The van der Waals surface area contributed by atoms with Crippen molar-refractivity contribution in [1.82, 2.24) is 15.2 Å². The molecule has 3 atom stereocenters. The number of ether oxygens (including phenoxy) is 1. The van der Waals surface area contributed by atoms with Crippen LogP contribution in [0.4, 0.5) is 0 Å². The molecule has 0 radical (unpaired) electrons. The van der Waals surface area contributed by atoms with Crippen LogP contribution in [0.5, 0.6) is 0 Å². The largest absolute Gasteiger partial charge is 0.363 e. The topological polar surface area (TPSA) is 54.5 Å². The lowest BCUT2D eigenvalue weighted by Crippen LogP contribution is -2.48. The summed E-state index contributed by atoms with van der Waals surface area (Å²) in [6, 6.07) is 4.52. The van der Waals surface area contributed by atoms with Gasteiger partial charge in [0, 0.05) is 38.1 Å². The molecule has 1 saturated carbocycles. The van der Waals surface area contributed by atoms with Crippen molar-refractivity contribution in [2.24, 2.45) is 5.92 Å². The molecule has 5 nitrogen and oxygen atoms in total. The molecular weight excluding hydrogens is 302 g/mol. The number of pyridine rings is 1. The van der Waals surface area contributed by atoms with E-state index >= 15 is 0 Å². The molecule has 2 saturated heterocycles. The van der Waals surface area contributed by atoms with Gasteiger partial charge in [-0.3, -0.25) is 14.7 Å². The molecule has 2 aliphatic heterocycles. The lowest BCUT2D eigenvalue weighted by atomic mass is 9.98. The molecule has 5 heteroatoms. The van der Waals surface area contributed by atoms with E-state index in [4.69, 9.17) is 4.74 Å². The van der Waals surface area contributed by atoms with Crippen LogP contribution in [-0.4, -0.2) is 53.7 Å². The number of amides is 1. The van der Waals surface area contributed by atoms with Crippen molar-refractivity contribution in [1.29, 1.82) is 0 Å². The minimum Gasteiger partial charge on any atom is -0.363 e. The fourth-order valence-corrected chi connectivity index (χ4v) is 4.06. The van der Waals surface area contributed by atoms with Crippen LogP contribution in [0.3, 0.4) is 0 Å². The van der Waals surface area contributed by atoms with E-state index in [-0.39, 0.29) is 18.1 Å². The molecule has 0 aromatic carbocycles. The second kappa shape index (κ2) is 7.19. The van der Waals surface area contributed by atoms with E-state index in [2.05, 4.69) is 15.2 Å². The van der Waals surface area contributed by atoms with Crippen LogP contribution in [-0.2, 0) is 16.0 Å². The molecule has 3 heterocycles. The van der Waals surface area contributed by atoms with Gasteiger partial charge in [0.15, 0.2) is 0 Å². The molecule has 0 unspecified atom stereocenters. The van der Waals surface area contributed by atoms with E-state index in [0.717, 1.165) is 38.1 Å². The van der Waals surface area contributed by atoms with Gasteiger partial charge in [-0.15, -0.1) is 0 Å². The van der Waals surface area contributed by atoms with Gasteiger partial charge in [0.2, 0.25) is 5.91 Å². The highest BCUT2D eigenvalue weighted by Crippen LogP contribution is 2.36. The molecule has 3 fully saturated rings. The molecular formula is C19H27N3O2. The first kappa shape index (κ1) is 16.0. The number of fused-ring (bicyclic) bond motifs is 1. The normalized spacial score (nSPS) is 30.1. The molecule has 3 aliphatic rings. The van der Waals surface area contributed by atoms with E-state index in [1.165, 1.54) is 24.9 Å². The summed E-state index contributed by atoms with van der Waals surface area (Å²) in [5, 5.41) is 3.04. The van der Waals surface area contributed by atoms with Crippen LogP contribution in [0.15, 0.2) is 24.5 Å². The maximum Gasteiger partial charge on any atom is 0.249 e. The van der Waals surface area contributed by atoms with Gasteiger partial charge >= 0.3 is 0 Å². The van der Waals surface area contributed by atoms with E-state index < -0.39 is 0 Å². The zero-order chi connectivity index (χ0) is 16.4. The van der Waals surface area contributed by atoms with Crippen LogP contribution in [0, 0.1) is 5.92 Å². The minimum atomic E-state index is -0.260. The molecule has 0 bridgehead atoms. The average molecular weight is 329 g/mol. The second-order valence-corrected chi connectivity index (χ2v) is 7.43. The Morgan fingerprint density at radius 1 is 1.21 bits per heavy atom. The summed E-state index contributed by atoms with van der Waals surface area (Å²) in [5.74, 6) is 0.987. The van der Waals surface area contributed by atoms with Crippen LogP contribution in [0.2, 0.25) is 0 Å². The van der Waals surface area contributed by atoms with E-state index in [1.807, 2.05) is 12.1 Å². The number of nitrogens with one attached hydrogen (secondary N) is 1. The van der Waals surface area contributed by atoms with Gasteiger partial charge in [0.05, 0.1) is 6.10 Å². The zero-order valence-corrected chi connectivity index (χ0v) is 14.2. The van der Waals surface area contributed by atoms with Gasteiger partial charge < -0.3 is 10.1 Å². The summed E-state index contributed by atoms with van der Waals surface area (Å²) in [6.45, 7) is 3.04. The summed E-state index contributed by atoms with van der Waals surface area (Å²) in [7, 11) is 0. The lowest BCUT2D eigenvalue weighted by Gasteiger charge is -2.35. The van der Waals surface area contributed by atoms with Crippen molar-refractivity contribution in [2.75, 3.05) is 19.6 Å². The summed E-state index contributed by atoms with van der Waals surface area (Å²) >= 11 is 0. The van der Waals surface area contributed by atoms with Gasteiger partial charge in [-0.05, 0) is 62.1 Å². The molecule has 1 amide bonds. The Bertz CT molecular complexity index is 561. The maximum absolute atomic E-state index is 12.4. The Morgan fingerprint density at radius 2 is 2.04 bits per heavy atom. The van der Waals surface area contributed by atoms with Crippen molar-refractivity contribution in [2.45, 2.75) is 56.8 Å². The van der Waals surface area contributed by atoms with E-state index in [9.17, 15) is 4.79 Å². The third-order valence-corrected chi connectivity index (χ3v) is 5.61. The fraction of sp³-hybridized carbons (Fsp3) is 0.684. The smallest absolute Gasteiger partial charge is 0.249 e. The average Bonchev–Trinajstić information content (AvgIpc) is 3.35. The Morgan fingerprint density at radius 3 is 2.83 bits per heavy atom.